The van der Waals surface area contributed by atoms with Crippen LogP contribution in [-0.2, 0) is 9.59 Å². The van der Waals surface area contributed by atoms with Gasteiger partial charge in [-0.2, -0.15) is 0 Å². The SMILES string of the molecule is O=C(Nc1ccccc1)C1CCCN(C(=O)COc2ccc([N+](=O)[O-])cc2)C1. The molecule has 0 bridgehead atoms. The van der Waals surface area contributed by atoms with Gasteiger partial charge in [0.1, 0.15) is 5.75 Å². The highest BCUT2D eigenvalue weighted by Gasteiger charge is 2.28. The van der Waals surface area contributed by atoms with Gasteiger partial charge in [-0.25, -0.2) is 0 Å². The minimum Gasteiger partial charge on any atom is -0.484 e. The first-order valence-corrected chi connectivity index (χ1v) is 9.04. The summed E-state index contributed by atoms with van der Waals surface area (Å²) >= 11 is 0. The molecule has 1 unspecified atom stereocenters. The number of hydrogen-bond acceptors (Lipinski definition) is 5. The topological polar surface area (TPSA) is 102 Å². The smallest absolute Gasteiger partial charge is 0.269 e. The van der Waals surface area contributed by atoms with Crippen molar-refractivity contribution >= 4 is 23.2 Å². The Morgan fingerprint density at radius 2 is 1.86 bits per heavy atom. The highest BCUT2D eigenvalue weighted by atomic mass is 16.6. The quantitative estimate of drug-likeness (QED) is 0.610. The predicted octanol–water partition coefficient (Wildman–Crippen LogP) is 2.85. The highest BCUT2D eigenvalue weighted by molar-refractivity contribution is 5.93. The first kappa shape index (κ1) is 19.3. The summed E-state index contributed by atoms with van der Waals surface area (Å²) in [5, 5.41) is 13.5. The fraction of sp³-hybridized carbons (Fsp3) is 0.300. The van der Waals surface area contributed by atoms with Crippen molar-refractivity contribution in [1.82, 2.24) is 4.90 Å². The maximum Gasteiger partial charge on any atom is 0.269 e. The van der Waals surface area contributed by atoms with E-state index in [-0.39, 0.29) is 30.0 Å². The van der Waals surface area contributed by atoms with Crippen molar-refractivity contribution in [1.29, 1.82) is 0 Å². The number of non-ortho nitro benzene ring substituents is 1. The minimum absolute atomic E-state index is 0.0398. The molecule has 0 aliphatic carbocycles. The van der Waals surface area contributed by atoms with E-state index in [1.165, 1.54) is 24.3 Å². The van der Waals surface area contributed by atoms with Gasteiger partial charge >= 0.3 is 0 Å². The third kappa shape index (κ3) is 5.06. The number of para-hydroxylation sites is 1. The second kappa shape index (κ2) is 8.98. The lowest BCUT2D eigenvalue weighted by molar-refractivity contribution is -0.384. The fourth-order valence-corrected chi connectivity index (χ4v) is 3.08. The first-order valence-electron chi connectivity index (χ1n) is 9.04. The van der Waals surface area contributed by atoms with Crippen LogP contribution < -0.4 is 10.1 Å². The molecule has 1 saturated heterocycles. The van der Waals surface area contributed by atoms with Crippen LogP contribution in [0.25, 0.3) is 0 Å². The molecule has 1 fully saturated rings. The summed E-state index contributed by atoms with van der Waals surface area (Å²) in [5.74, 6) is -0.192. The zero-order chi connectivity index (χ0) is 19.9. The molecule has 0 saturated carbocycles. The van der Waals surface area contributed by atoms with E-state index in [9.17, 15) is 19.7 Å². The summed E-state index contributed by atoms with van der Waals surface area (Å²) in [6.45, 7) is 0.754. The number of nitrogens with zero attached hydrogens (tertiary/aromatic N) is 2. The number of carbonyl (C=O) groups excluding carboxylic acids is 2. The van der Waals surface area contributed by atoms with Crippen LogP contribution in [0.15, 0.2) is 54.6 Å². The van der Waals surface area contributed by atoms with E-state index in [4.69, 9.17) is 4.74 Å². The van der Waals surface area contributed by atoms with Crippen LogP contribution in [0.3, 0.4) is 0 Å². The van der Waals surface area contributed by atoms with Crippen LogP contribution in [0.5, 0.6) is 5.75 Å². The van der Waals surface area contributed by atoms with Crippen LogP contribution in [-0.4, -0.2) is 41.3 Å². The van der Waals surface area contributed by atoms with Gasteiger partial charge in [0, 0.05) is 30.9 Å². The van der Waals surface area contributed by atoms with Crippen molar-refractivity contribution < 1.29 is 19.2 Å². The maximum atomic E-state index is 12.5. The van der Waals surface area contributed by atoms with Crippen molar-refractivity contribution in [3.05, 3.63) is 64.7 Å². The Morgan fingerprint density at radius 3 is 2.54 bits per heavy atom. The second-order valence-corrected chi connectivity index (χ2v) is 6.57. The number of rotatable bonds is 6. The number of nitro benzene ring substituents is 1. The molecule has 1 atom stereocenters. The third-order valence-electron chi connectivity index (χ3n) is 4.60. The average Bonchev–Trinajstić information content (AvgIpc) is 2.73. The summed E-state index contributed by atoms with van der Waals surface area (Å²) in [4.78, 5) is 36.7. The Morgan fingerprint density at radius 1 is 1.14 bits per heavy atom. The van der Waals surface area contributed by atoms with Crippen LogP contribution in [0, 0.1) is 16.0 Å². The Kier molecular flexibility index (Phi) is 6.21. The van der Waals surface area contributed by atoms with E-state index < -0.39 is 4.92 Å². The largest absolute Gasteiger partial charge is 0.484 e. The number of nitro groups is 1. The van der Waals surface area contributed by atoms with Crippen LogP contribution in [0.1, 0.15) is 12.8 Å². The summed E-state index contributed by atoms with van der Waals surface area (Å²) in [7, 11) is 0. The monoisotopic (exact) mass is 383 g/mol. The molecule has 2 amide bonds. The maximum absolute atomic E-state index is 12.5. The van der Waals surface area contributed by atoms with E-state index in [1.807, 2.05) is 30.3 Å². The van der Waals surface area contributed by atoms with Gasteiger partial charge in [-0.3, -0.25) is 19.7 Å². The number of nitrogens with one attached hydrogen (secondary N) is 1. The molecule has 1 aliphatic rings. The zero-order valence-corrected chi connectivity index (χ0v) is 15.2. The summed E-state index contributed by atoms with van der Waals surface area (Å²) in [6, 6.07) is 14.8. The predicted molar refractivity (Wildman–Crippen MR) is 103 cm³/mol. The molecule has 8 nitrogen and oxygen atoms in total. The van der Waals surface area contributed by atoms with Gasteiger partial charge in [-0.15, -0.1) is 0 Å². The Bertz CT molecular complexity index is 839. The van der Waals surface area contributed by atoms with E-state index in [1.54, 1.807) is 4.90 Å². The van der Waals surface area contributed by atoms with Gasteiger partial charge in [-0.05, 0) is 37.1 Å². The van der Waals surface area contributed by atoms with Crippen LogP contribution >= 0.6 is 0 Å². The summed E-state index contributed by atoms with van der Waals surface area (Å²) in [5.41, 5.74) is 0.694. The number of anilines is 1. The van der Waals surface area contributed by atoms with Crippen LogP contribution in [0.2, 0.25) is 0 Å². The normalized spacial score (nSPS) is 16.3. The molecular weight excluding hydrogens is 362 g/mol. The fourth-order valence-electron chi connectivity index (χ4n) is 3.08. The lowest BCUT2D eigenvalue weighted by Gasteiger charge is -2.32. The number of likely N-dealkylation sites (tertiary alicyclic amines) is 1. The average molecular weight is 383 g/mol. The molecule has 0 radical (unpaired) electrons. The van der Waals surface area contributed by atoms with E-state index in [0.29, 0.717) is 18.8 Å². The van der Waals surface area contributed by atoms with E-state index in [2.05, 4.69) is 5.32 Å². The standard InChI is InChI=1S/C20H21N3O5/c24-19(14-28-18-10-8-17(9-11-18)23(26)27)22-12-4-5-15(13-22)20(25)21-16-6-2-1-3-7-16/h1-3,6-11,15H,4-5,12-14H2,(H,21,25). The first-order chi connectivity index (χ1) is 13.5. The molecule has 1 heterocycles. The second-order valence-electron chi connectivity index (χ2n) is 6.57. The molecule has 1 N–H and O–H groups in total. The molecule has 146 valence electrons. The Balaban J connectivity index is 1.51. The lowest BCUT2D eigenvalue weighted by atomic mass is 9.97. The number of piperidine rings is 1. The number of carbonyl (C=O) groups is 2. The number of benzene rings is 2. The zero-order valence-electron chi connectivity index (χ0n) is 15.2. The summed E-state index contributed by atoms with van der Waals surface area (Å²) < 4.78 is 5.43. The van der Waals surface area contributed by atoms with Gasteiger partial charge in [0.05, 0.1) is 10.8 Å². The molecule has 2 aromatic carbocycles. The molecule has 8 heteroatoms. The molecule has 0 spiro atoms. The van der Waals surface area contributed by atoms with Crippen molar-refractivity contribution in [3.8, 4) is 5.75 Å². The molecule has 28 heavy (non-hydrogen) atoms. The molecule has 0 aromatic heterocycles. The number of ether oxygens (including phenoxy) is 1. The third-order valence-corrected chi connectivity index (χ3v) is 4.60. The van der Waals surface area contributed by atoms with Gasteiger partial charge in [0.25, 0.3) is 11.6 Å². The van der Waals surface area contributed by atoms with Gasteiger partial charge < -0.3 is 15.0 Å². The molecule has 2 aromatic rings. The Labute approximate surface area is 162 Å². The van der Waals surface area contributed by atoms with Crippen molar-refractivity contribution in [2.24, 2.45) is 5.92 Å². The molecule has 1 aliphatic heterocycles. The molecule has 3 rings (SSSR count). The van der Waals surface area contributed by atoms with E-state index in [0.717, 1.165) is 18.5 Å². The van der Waals surface area contributed by atoms with Gasteiger partial charge in [0.15, 0.2) is 6.61 Å². The van der Waals surface area contributed by atoms with Crippen molar-refractivity contribution in [2.45, 2.75) is 12.8 Å². The highest BCUT2D eigenvalue weighted by Crippen LogP contribution is 2.20. The number of hydrogen-bond donors (Lipinski definition) is 1. The van der Waals surface area contributed by atoms with E-state index >= 15 is 0 Å². The summed E-state index contributed by atoms with van der Waals surface area (Å²) in [6.07, 6.45) is 1.47. The van der Waals surface area contributed by atoms with Crippen molar-refractivity contribution in [3.63, 3.8) is 0 Å². The number of amides is 2. The van der Waals surface area contributed by atoms with Crippen molar-refractivity contribution in [2.75, 3.05) is 25.0 Å². The van der Waals surface area contributed by atoms with Gasteiger partial charge in [0.2, 0.25) is 5.91 Å². The molecular formula is C20H21N3O5. The lowest BCUT2D eigenvalue weighted by Crippen LogP contribution is -2.45. The minimum atomic E-state index is -0.497. The Hall–Kier alpha value is -3.42. The van der Waals surface area contributed by atoms with Gasteiger partial charge in [-0.1, -0.05) is 18.2 Å². The van der Waals surface area contributed by atoms with Crippen LogP contribution in [0.4, 0.5) is 11.4 Å².